The van der Waals surface area contributed by atoms with Crippen molar-refractivity contribution in [3.05, 3.63) is 29.3 Å². The summed E-state index contributed by atoms with van der Waals surface area (Å²) in [7, 11) is 0. The molecule has 108 valence electrons. The Hall–Kier alpha value is -1.84. The minimum Gasteiger partial charge on any atom is -0.482 e. The summed E-state index contributed by atoms with van der Waals surface area (Å²) < 4.78 is 10.4. The van der Waals surface area contributed by atoms with E-state index in [0.29, 0.717) is 18.8 Å². The molecule has 1 aliphatic rings. The summed E-state index contributed by atoms with van der Waals surface area (Å²) in [5.41, 5.74) is 1.80. The third-order valence-corrected chi connectivity index (χ3v) is 3.35. The van der Waals surface area contributed by atoms with Crippen LogP contribution in [-0.2, 0) is 16.0 Å². The van der Waals surface area contributed by atoms with Crippen LogP contribution in [-0.4, -0.2) is 25.0 Å². The Bertz CT molecular complexity index is 493. The third-order valence-electron chi connectivity index (χ3n) is 3.35. The molecule has 0 fully saturated rings. The Morgan fingerprint density at radius 2 is 2.15 bits per heavy atom. The standard InChI is InChI=1S/C16H20O4/c1-2-3-9-19-16(18)11-20-13-8-7-12-5-4-6-15(17)14(12)10-13/h7-8,10H,2-6,9,11H2,1H3. The van der Waals surface area contributed by atoms with Gasteiger partial charge in [-0.1, -0.05) is 19.4 Å². The molecule has 0 aromatic heterocycles. The monoisotopic (exact) mass is 276 g/mol. The minimum atomic E-state index is -0.373. The van der Waals surface area contributed by atoms with Gasteiger partial charge in [-0.25, -0.2) is 4.79 Å². The van der Waals surface area contributed by atoms with E-state index >= 15 is 0 Å². The van der Waals surface area contributed by atoms with Crippen LogP contribution in [0.4, 0.5) is 0 Å². The Kier molecular flexibility index (Phi) is 5.16. The first-order valence-electron chi connectivity index (χ1n) is 7.15. The summed E-state index contributed by atoms with van der Waals surface area (Å²) in [6.07, 6.45) is 4.28. The molecule has 1 aromatic rings. The van der Waals surface area contributed by atoms with Gasteiger partial charge >= 0.3 is 5.97 Å². The van der Waals surface area contributed by atoms with Crippen LogP contribution in [0.2, 0.25) is 0 Å². The molecule has 2 rings (SSSR count). The van der Waals surface area contributed by atoms with E-state index in [9.17, 15) is 9.59 Å². The van der Waals surface area contributed by atoms with Crippen molar-refractivity contribution < 1.29 is 19.1 Å². The van der Waals surface area contributed by atoms with Crippen LogP contribution in [0.5, 0.6) is 5.75 Å². The van der Waals surface area contributed by atoms with Gasteiger partial charge in [0.15, 0.2) is 12.4 Å². The van der Waals surface area contributed by atoms with Gasteiger partial charge in [-0.05, 0) is 37.0 Å². The van der Waals surface area contributed by atoms with Crippen molar-refractivity contribution in [3.8, 4) is 5.75 Å². The van der Waals surface area contributed by atoms with Gasteiger partial charge < -0.3 is 9.47 Å². The number of hydrogen-bond donors (Lipinski definition) is 0. The Morgan fingerprint density at radius 1 is 1.30 bits per heavy atom. The average Bonchev–Trinajstić information content (AvgIpc) is 2.46. The molecule has 0 atom stereocenters. The van der Waals surface area contributed by atoms with E-state index in [2.05, 4.69) is 0 Å². The second-order valence-electron chi connectivity index (χ2n) is 4.96. The largest absolute Gasteiger partial charge is 0.482 e. The number of benzene rings is 1. The molecule has 1 aliphatic carbocycles. The number of esters is 1. The molecule has 20 heavy (non-hydrogen) atoms. The first kappa shape index (κ1) is 14.6. The number of hydrogen-bond acceptors (Lipinski definition) is 4. The van der Waals surface area contributed by atoms with Gasteiger partial charge in [0.25, 0.3) is 0 Å². The quantitative estimate of drug-likeness (QED) is 0.592. The topological polar surface area (TPSA) is 52.6 Å². The number of ether oxygens (including phenoxy) is 2. The zero-order valence-corrected chi connectivity index (χ0v) is 11.8. The summed E-state index contributed by atoms with van der Waals surface area (Å²) in [6, 6.07) is 5.44. The molecule has 0 amide bonds. The molecule has 0 radical (unpaired) electrons. The number of carbonyl (C=O) groups excluding carboxylic acids is 2. The van der Waals surface area contributed by atoms with Crippen LogP contribution < -0.4 is 4.74 Å². The molecule has 4 nitrogen and oxygen atoms in total. The predicted octanol–water partition coefficient (Wildman–Crippen LogP) is 2.93. The zero-order valence-electron chi connectivity index (χ0n) is 11.8. The summed E-state index contributed by atoms with van der Waals surface area (Å²) in [5.74, 6) is 0.330. The number of aryl methyl sites for hydroxylation is 1. The number of rotatable bonds is 6. The normalized spacial score (nSPS) is 13.8. The lowest BCUT2D eigenvalue weighted by molar-refractivity contribution is -0.146. The van der Waals surface area contributed by atoms with E-state index < -0.39 is 0 Å². The van der Waals surface area contributed by atoms with E-state index in [1.165, 1.54) is 0 Å². The maximum absolute atomic E-state index is 11.8. The summed E-state index contributed by atoms with van der Waals surface area (Å²) in [5, 5.41) is 0. The van der Waals surface area contributed by atoms with Crippen molar-refractivity contribution in [2.45, 2.75) is 39.0 Å². The molecular weight excluding hydrogens is 256 g/mol. The first-order valence-corrected chi connectivity index (χ1v) is 7.15. The maximum Gasteiger partial charge on any atom is 0.344 e. The fourth-order valence-corrected chi connectivity index (χ4v) is 2.21. The van der Waals surface area contributed by atoms with E-state index in [4.69, 9.17) is 9.47 Å². The number of fused-ring (bicyclic) bond motifs is 1. The third kappa shape index (κ3) is 3.83. The molecule has 0 unspecified atom stereocenters. The van der Waals surface area contributed by atoms with E-state index in [0.717, 1.165) is 36.8 Å². The predicted molar refractivity (Wildman–Crippen MR) is 75.1 cm³/mol. The fraction of sp³-hybridized carbons (Fsp3) is 0.500. The second-order valence-corrected chi connectivity index (χ2v) is 4.96. The highest BCUT2D eigenvalue weighted by atomic mass is 16.6. The summed E-state index contributed by atoms with van der Waals surface area (Å²) in [6.45, 7) is 2.35. The number of Topliss-reactive ketones (excluding diaryl/α,β-unsaturated/α-hetero) is 1. The Morgan fingerprint density at radius 3 is 2.95 bits per heavy atom. The van der Waals surface area contributed by atoms with Crippen molar-refractivity contribution in [2.75, 3.05) is 13.2 Å². The molecule has 1 aromatic carbocycles. The van der Waals surface area contributed by atoms with Gasteiger partial charge in [0, 0.05) is 12.0 Å². The van der Waals surface area contributed by atoms with Crippen molar-refractivity contribution >= 4 is 11.8 Å². The Balaban J connectivity index is 1.89. The van der Waals surface area contributed by atoms with Gasteiger partial charge in [0.2, 0.25) is 0 Å². The first-order chi connectivity index (χ1) is 9.70. The average molecular weight is 276 g/mol. The lowest BCUT2D eigenvalue weighted by Gasteiger charge is -2.15. The van der Waals surface area contributed by atoms with Crippen molar-refractivity contribution in [1.29, 1.82) is 0 Å². The highest BCUT2D eigenvalue weighted by molar-refractivity contribution is 5.98. The van der Waals surface area contributed by atoms with Crippen LogP contribution in [0.3, 0.4) is 0 Å². The van der Waals surface area contributed by atoms with Crippen LogP contribution in [0.15, 0.2) is 18.2 Å². The second kappa shape index (κ2) is 7.08. The molecular formula is C16H20O4. The summed E-state index contributed by atoms with van der Waals surface area (Å²) >= 11 is 0. The molecule has 0 saturated carbocycles. The van der Waals surface area contributed by atoms with Crippen molar-refractivity contribution in [2.24, 2.45) is 0 Å². The van der Waals surface area contributed by atoms with Crippen LogP contribution in [0.25, 0.3) is 0 Å². The molecule has 0 bridgehead atoms. The number of unbranched alkanes of at least 4 members (excludes halogenated alkanes) is 1. The van der Waals surface area contributed by atoms with Gasteiger partial charge in [-0.15, -0.1) is 0 Å². The van der Waals surface area contributed by atoms with E-state index in [-0.39, 0.29) is 18.4 Å². The Labute approximate surface area is 119 Å². The SMILES string of the molecule is CCCCOC(=O)COc1ccc2c(c1)C(=O)CCC2. The van der Waals surface area contributed by atoms with Crippen molar-refractivity contribution in [1.82, 2.24) is 0 Å². The zero-order chi connectivity index (χ0) is 14.4. The molecule has 4 heteroatoms. The number of ketones is 1. The van der Waals surface area contributed by atoms with E-state index in [1.807, 2.05) is 13.0 Å². The smallest absolute Gasteiger partial charge is 0.344 e. The van der Waals surface area contributed by atoms with Gasteiger partial charge in [0.1, 0.15) is 5.75 Å². The lowest BCUT2D eigenvalue weighted by atomic mass is 9.90. The van der Waals surface area contributed by atoms with Gasteiger partial charge in [0.05, 0.1) is 6.61 Å². The van der Waals surface area contributed by atoms with Crippen LogP contribution in [0.1, 0.15) is 48.5 Å². The molecule has 0 spiro atoms. The van der Waals surface area contributed by atoms with Gasteiger partial charge in [-0.3, -0.25) is 4.79 Å². The van der Waals surface area contributed by atoms with Crippen LogP contribution in [0, 0.1) is 0 Å². The molecule has 0 aliphatic heterocycles. The highest BCUT2D eigenvalue weighted by Gasteiger charge is 2.17. The molecule has 0 heterocycles. The van der Waals surface area contributed by atoms with Crippen LogP contribution >= 0.6 is 0 Å². The minimum absolute atomic E-state index is 0.114. The molecule has 0 saturated heterocycles. The summed E-state index contributed by atoms with van der Waals surface area (Å²) in [4.78, 5) is 23.2. The van der Waals surface area contributed by atoms with E-state index in [1.54, 1.807) is 12.1 Å². The lowest BCUT2D eigenvalue weighted by Crippen LogP contribution is -2.16. The maximum atomic E-state index is 11.8. The molecule has 0 N–H and O–H groups in total. The van der Waals surface area contributed by atoms with Gasteiger partial charge in [-0.2, -0.15) is 0 Å². The number of carbonyl (C=O) groups is 2. The fourth-order valence-electron chi connectivity index (χ4n) is 2.21. The highest BCUT2D eigenvalue weighted by Crippen LogP contribution is 2.25. The van der Waals surface area contributed by atoms with Crippen molar-refractivity contribution in [3.63, 3.8) is 0 Å².